The summed E-state index contributed by atoms with van der Waals surface area (Å²) < 4.78 is 13.3. The molecule has 0 bridgehead atoms. The minimum Gasteiger partial charge on any atom is -0.480 e. The molecule has 3 rings (SSSR count). The normalized spacial score (nSPS) is 17.9. The third kappa shape index (κ3) is 3.43. The van der Waals surface area contributed by atoms with E-state index in [1.165, 1.54) is 12.1 Å². The van der Waals surface area contributed by atoms with Crippen LogP contribution in [0.5, 0.6) is 0 Å². The third-order valence-corrected chi connectivity index (χ3v) is 4.48. The van der Waals surface area contributed by atoms with E-state index < -0.39 is 12.0 Å². The molecule has 2 aromatic rings. The Morgan fingerprint density at radius 2 is 2.19 bits per heavy atom. The first-order valence-corrected chi connectivity index (χ1v) is 7.28. The monoisotopic (exact) mass is 327 g/mol. The number of carboxylic acid groups (broad SMARTS) is 1. The van der Waals surface area contributed by atoms with Crippen molar-refractivity contribution in [2.45, 2.75) is 25.6 Å². The molecule has 1 aliphatic rings. The Labute approximate surface area is 132 Å². The number of rotatable bonds is 3. The Hall–Kier alpha value is -1.43. The number of carbonyl (C=O) groups is 1. The van der Waals surface area contributed by atoms with Crippen LogP contribution in [0.1, 0.15) is 16.0 Å². The lowest BCUT2D eigenvalue weighted by atomic mass is 9.94. The van der Waals surface area contributed by atoms with Gasteiger partial charge in [-0.1, -0.05) is 12.1 Å². The molecule has 0 aliphatic carbocycles. The molecule has 112 valence electrons. The van der Waals surface area contributed by atoms with Crippen LogP contribution in [-0.4, -0.2) is 22.0 Å². The molecule has 21 heavy (non-hydrogen) atoms. The van der Waals surface area contributed by atoms with Crippen molar-refractivity contribution in [3.05, 3.63) is 57.5 Å². The maximum Gasteiger partial charge on any atom is 0.321 e. The smallest absolute Gasteiger partial charge is 0.321 e. The van der Waals surface area contributed by atoms with Gasteiger partial charge in [0, 0.05) is 18.0 Å². The molecule has 1 aliphatic heterocycles. The van der Waals surface area contributed by atoms with Crippen LogP contribution >= 0.6 is 23.7 Å². The summed E-state index contributed by atoms with van der Waals surface area (Å²) in [6.07, 6.45) is 0.427. The number of hydrogen-bond acceptors (Lipinski definition) is 3. The topological polar surface area (TPSA) is 40.5 Å². The molecule has 0 amide bonds. The Bertz CT molecular complexity index is 633. The van der Waals surface area contributed by atoms with Gasteiger partial charge in [-0.3, -0.25) is 9.69 Å². The van der Waals surface area contributed by atoms with Crippen LogP contribution < -0.4 is 0 Å². The van der Waals surface area contributed by atoms with Crippen LogP contribution in [0.3, 0.4) is 0 Å². The van der Waals surface area contributed by atoms with Gasteiger partial charge in [-0.25, -0.2) is 4.39 Å². The zero-order valence-corrected chi connectivity index (χ0v) is 12.8. The van der Waals surface area contributed by atoms with Crippen molar-refractivity contribution in [1.82, 2.24) is 4.90 Å². The van der Waals surface area contributed by atoms with E-state index in [0.717, 1.165) is 16.0 Å². The summed E-state index contributed by atoms with van der Waals surface area (Å²) in [6.45, 7) is 1.06. The van der Waals surface area contributed by atoms with E-state index in [0.29, 0.717) is 19.5 Å². The number of hydrogen-bond donors (Lipinski definition) is 1. The first-order valence-electron chi connectivity index (χ1n) is 6.40. The van der Waals surface area contributed by atoms with E-state index in [4.69, 9.17) is 0 Å². The predicted molar refractivity (Wildman–Crippen MR) is 82.3 cm³/mol. The molecule has 0 radical (unpaired) electrons. The number of halogens is 2. The van der Waals surface area contributed by atoms with Crippen LogP contribution in [-0.2, 0) is 24.3 Å². The van der Waals surface area contributed by atoms with Crippen LogP contribution in [0.25, 0.3) is 0 Å². The average Bonchev–Trinajstić information content (AvgIpc) is 2.90. The Morgan fingerprint density at radius 1 is 1.38 bits per heavy atom. The van der Waals surface area contributed by atoms with Gasteiger partial charge in [0.25, 0.3) is 0 Å². The quantitative estimate of drug-likeness (QED) is 0.940. The number of fused-ring (bicyclic) bond motifs is 1. The van der Waals surface area contributed by atoms with Crippen molar-refractivity contribution in [3.8, 4) is 0 Å². The zero-order chi connectivity index (χ0) is 14.1. The first kappa shape index (κ1) is 15.9. The summed E-state index contributed by atoms with van der Waals surface area (Å²) in [4.78, 5) is 14.5. The van der Waals surface area contributed by atoms with Crippen molar-refractivity contribution in [3.63, 3.8) is 0 Å². The maximum absolute atomic E-state index is 13.3. The highest BCUT2D eigenvalue weighted by atomic mass is 35.5. The number of aliphatic carboxylic acids is 1. The SMILES string of the molecule is Cl.O=C(O)C1Cc2ccc(F)cc2CN1Cc1cccs1. The minimum atomic E-state index is -0.823. The van der Waals surface area contributed by atoms with Crippen molar-refractivity contribution in [1.29, 1.82) is 0 Å². The van der Waals surface area contributed by atoms with Gasteiger partial charge >= 0.3 is 5.97 Å². The fourth-order valence-electron chi connectivity index (χ4n) is 2.62. The van der Waals surface area contributed by atoms with Crippen molar-refractivity contribution < 1.29 is 14.3 Å². The molecule has 0 fully saturated rings. The molecule has 1 aromatic carbocycles. The fourth-order valence-corrected chi connectivity index (χ4v) is 3.35. The van der Waals surface area contributed by atoms with Crippen molar-refractivity contribution >= 4 is 29.7 Å². The summed E-state index contributed by atoms with van der Waals surface area (Å²) in [6, 6.07) is 8.00. The second kappa shape index (κ2) is 6.56. The van der Waals surface area contributed by atoms with Gasteiger partial charge in [-0.2, -0.15) is 0 Å². The summed E-state index contributed by atoms with van der Waals surface area (Å²) >= 11 is 1.61. The molecule has 0 spiro atoms. The second-order valence-corrected chi connectivity index (χ2v) is 5.99. The van der Waals surface area contributed by atoms with Gasteiger partial charge in [-0.05, 0) is 41.1 Å². The second-order valence-electron chi connectivity index (χ2n) is 4.96. The molecule has 2 heterocycles. The van der Waals surface area contributed by atoms with Crippen molar-refractivity contribution in [2.75, 3.05) is 0 Å². The summed E-state index contributed by atoms with van der Waals surface area (Å²) in [5.74, 6) is -1.09. The van der Waals surface area contributed by atoms with E-state index >= 15 is 0 Å². The lowest BCUT2D eigenvalue weighted by Crippen LogP contribution is -2.44. The molecular weight excluding hydrogens is 313 g/mol. The number of carboxylic acids is 1. The molecule has 6 heteroatoms. The lowest BCUT2D eigenvalue weighted by Gasteiger charge is -2.34. The van der Waals surface area contributed by atoms with Crippen LogP contribution in [0, 0.1) is 5.82 Å². The van der Waals surface area contributed by atoms with Gasteiger partial charge in [0.05, 0.1) is 0 Å². The summed E-state index contributed by atoms with van der Waals surface area (Å²) in [5, 5.41) is 11.4. The molecule has 1 aromatic heterocycles. The zero-order valence-electron chi connectivity index (χ0n) is 11.2. The van der Waals surface area contributed by atoms with Gasteiger partial charge in [0.15, 0.2) is 0 Å². The minimum absolute atomic E-state index is 0. The van der Waals surface area contributed by atoms with Gasteiger partial charge in [0.1, 0.15) is 11.9 Å². The van der Waals surface area contributed by atoms with Crippen LogP contribution in [0.4, 0.5) is 4.39 Å². The first-order chi connectivity index (χ1) is 9.63. The van der Waals surface area contributed by atoms with E-state index in [-0.39, 0.29) is 18.2 Å². The maximum atomic E-state index is 13.3. The van der Waals surface area contributed by atoms with Crippen LogP contribution in [0.2, 0.25) is 0 Å². The van der Waals surface area contributed by atoms with Gasteiger partial charge < -0.3 is 5.11 Å². The Morgan fingerprint density at radius 3 is 2.86 bits per heavy atom. The van der Waals surface area contributed by atoms with E-state index in [2.05, 4.69) is 0 Å². The molecule has 0 saturated heterocycles. The highest BCUT2D eigenvalue weighted by molar-refractivity contribution is 7.09. The Kier molecular flexibility index (Phi) is 4.98. The molecule has 1 unspecified atom stereocenters. The Balaban J connectivity index is 0.00000161. The molecule has 3 nitrogen and oxygen atoms in total. The number of thiophene rings is 1. The van der Waals surface area contributed by atoms with Crippen LogP contribution in [0.15, 0.2) is 35.7 Å². The number of benzene rings is 1. The van der Waals surface area contributed by atoms with E-state index in [9.17, 15) is 14.3 Å². The summed E-state index contributed by atoms with van der Waals surface area (Å²) in [5.41, 5.74) is 1.82. The number of nitrogens with zero attached hydrogens (tertiary/aromatic N) is 1. The standard InChI is InChI=1S/C15H14FNO2S.ClH/c16-12-4-3-10-7-14(15(18)19)17(8-11(10)6-12)9-13-2-1-5-20-13;/h1-6,14H,7-9H2,(H,18,19);1H. The average molecular weight is 328 g/mol. The molecule has 1 atom stereocenters. The fraction of sp³-hybridized carbons (Fsp3) is 0.267. The largest absolute Gasteiger partial charge is 0.480 e. The van der Waals surface area contributed by atoms with Crippen molar-refractivity contribution in [2.24, 2.45) is 0 Å². The third-order valence-electron chi connectivity index (χ3n) is 3.62. The highest BCUT2D eigenvalue weighted by Gasteiger charge is 2.31. The molecule has 1 N–H and O–H groups in total. The summed E-state index contributed by atoms with van der Waals surface area (Å²) in [7, 11) is 0. The van der Waals surface area contributed by atoms with Gasteiger partial charge in [-0.15, -0.1) is 23.7 Å². The lowest BCUT2D eigenvalue weighted by molar-refractivity contribution is -0.144. The molecular formula is C15H15ClFNO2S. The highest BCUT2D eigenvalue weighted by Crippen LogP contribution is 2.26. The molecule has 0 saturated carbocycles. The van der Waals surface area contributed by atoms with E-state index in [1.54, 1.807) is 17.4 Å². The predicted octanol–water partition coefficient (Wildman–Crippen LogP) is 3.32. The van der Waals surface area contributed by atoms with Gasteiger partial charge in [0.2, 0.25) is 0 Å². The van der Waals surface area contributed by atoms with E-state index in [1.807, 2.05) is 22.4 Å².